The van der Waals surface area contributed by atoms with Crippen molar-refractivity contribution in [1.82, 2.24) is 0 Å². The zero-order valence-corrected chi connectivity index (χ0v) is 6.15. The van der Waals surface area contributed by atoms with Crippen molar-refractivity contribution in [2.45, 2.75) is 19.3 Å². The summed E-state index contributed by atoms with van der Waals surface area (Å²) in [6.45, 7) is 0. The highest BCUT2D eigenvalue weighted by molar-refractivity contribution is 7.99. The third-order valence-corrected chi connectivity index (χ3v) is 2.50. The minimum absolute atomic E-state index is 0.972. The van der Waals surface area contributed by atoms with Crippen LogP contribution >= 0.6 is 11.8 Å². The van der Waals surface area contributed by atoms with Crippen molar-refractivity contribution in [1.29, 1.82) is 0 Å². The van der Waals surface area contributed by atoms with Crippen molar-refractivity contribution in [3.63, 3.8) is 0 Å². The molecule has 1 N–H and O–H groups in total. The first kappa shape index (κ1) is 6.93. The van der Waals surface area contributed by atoms with Crippen molar-refractivity contribution in [2.24, 2.45) is 5.16 Å². The molecule has 1 saturated heterocycles. The predicted molar refractivity (Wildman–Crippen MR) is 40.4 cm³/mol. The Labute approximate surface area is 59.3 Å². The fraction of sp³-hybridized carbons (Fsp3) is 0.833. The number of rotatable bonds is 0. The van der Waals surface area contributed by atoms with Gasteiger partial charge in [0, 0.05) is 0 Å². The Kier molecular flexibility index (Phi) is 2.91. The molecule has 1 fully saturated rings. The Balaban J connectivity index is 2.36. The summed E-state index contributed by atoms with van der Waals surface area (Å²) in [7, 11) is 0. The van der Waals surface area contributed by atoms with E-state index < -0.39 is 0 Å². The minimum atomic E-state index is 0.972. The fourth-order valence-electron chi connectivity index (χ4n) is 0.895. The van der Waals surface area contributed by atoms with Crippen molar-refractivity contribution in [3.8, 4) is 0 Å². The number of thioether (sulfide) groups is 1. The highest BCUT2D eigenvalue weighted by atomic mass is 32.2. The molecule has 3 heteroatoms. The summed E-state index contributed by atoms with van der Waals surface area (Å²) in [4.78, 5) is 0. The van der Waals surface area contributed by atoms with Gasteiger partial charge in [0.15, 0.2) is 0 Å². The topological polar surface area (TPSA) is 32.6 Å². The highest BCUT2D eigenvalue weighted by Crippen LogP contribution is 2.13. The van der Waals surface area contributed by atoms with Crippen LogP contribution in [-0.2, 0) is 0 Å². The lowest BCUT2D eigenvalue weighted by Gasteiger charge is -1.93. The summed E-state index contributed by atoms with van der Waals surface area (Å²) >= 11 is 1.94. The molecule has 0 aliphatic carbocycles. The Morgan fingerprint density at radius 2 is 2.22 bits per heavy atom. The van der Waals surface area contributed by atoms with Crippen molar-refractivity contribution < 1.29 is 5.21 Å². The van der Waals surface area contributed by atoms with Crippen LogP contribution < -0.4 is 0 Å². The van der Waals surface area contributed by atoms with Crippen LogP contribution in [0.3, 0.4) is 0 Å². The van der Waals surface area contributed by atoms with Crippen LogP contribution in [0.1, 0.15) is 19.3 Å². The molecule has 0 spiro atoms. The average Bonchev–Trinajstić information content (AvgIpc) is 2.13. The van der Waals surface area contributed by atoms with Crippen molar-refractivity contribution in [3.05, 3.63) is 0 Å². The molecule has 0 amide bonds. The predicted octanol–water partition coefficient (Wildman–Crippen LogP) is 1.73. The molecule has 0 atom stereocenters. The summed E-state index contributed by atoms with van der Waals surface area (Å²) in [6.07, 6.45) is 3.13. The molecule has 1 heterocycles. The van der Waals surface area contributed by atoms with Crippen LogP contribution in [-0.4, -0.2) is 22.4 Å². The van der Waals surface area contributed by atoms with Gasteiger partial charge in [-0.15, -0.1) is 0 Å². The van der Waals surface area contributed by atoms with Crippen molar-refractivity contribution >= 4 is 17.5 Å². The Morgan fingerprint density at radius 3 is 3.00 bits per heavy atom. The van der Waals surface area contributed by atoms with Gasteiger partial charge in [0.25, 0.3) is 0 Å². The number of hydrogen-bond donors (Lipinski definition) is 1. The largest absolute Gasteiger partial charge is 0.411 e. The molecule has 0 unspecified atom stereocenters. The van der Waals surface area contributed by atoms with E-state index in [1.807, 2.05) is 11.8 Å². The monoisotopic (exact) mass is 145 g/mol. The summed E-state index contributed by atoms with van der Waals surface area (Å²) in [6, 6.07) is 0. The molecule has 0 bridgehead atoms. The van der Waals surface area contributed by atoms with Gasteiger partial charge in [-0.05, 0) is 30.8 Å². The van der Waals surface area contributed by atoms with E-state index >= 15 is 0 Å². The van der Waals surface area contributed by atoms with Crippen LogP contribution in [0, 0.1) is 0 Å². The number of nitrogens with zero attached hydrogens (tertiary/aromatic N) is 1. The maximum Gasteiger partial charge on any atom is 0.0579 e. The van der Waals surface area contributed by atoms with E-state index in [0.717, 1.165) is 24.3 Å². The van der Waals surface area contributed by atoms with E-state index in [-0.39, 0.29) is 0 Å². The molecular formula is C6H11NOS. The van der Waals surface area contributed by atoms with Gasteiger partial charge in [-0.25, -0.2) is 0 Å². The van der Waals surface area contributed by atoms with E-state index in [1.165, 1.54) is 12.2 Å². The summed E-state index contributed by atoms with van der Waals surface area (Å²) in [5.74, 6) is 2.35. The smallest absolute Gasteiger partial charge is 0.0579 e. The van der Waals surface area contributed by atoms with Gasteiger partial charge in [0.2, 0.25) is 0 Å². The minimum Gasteiger partial charge on any atom is -0.411 e. The van der Waals surface area contributed by atoms with E-state index in [9.17, 15) is 0 Å². The molecule has 2 nitrogen and oxygen atoms in total. The lowest BCUT2D eigenvalue weighted by Crippen LogP contribution is -1.96. The van der Waals surface area contributed by atoms with Crippen LogP contribution in [0.15, 0.2) is 5.16 Å². The molecule has 1 rings (SSSR count). The molecule has 0 aromatic carbocycles. The summed E-state index contributed by atoms with van der Waals surface area (Å²) < 4.78 is 0. The maximum absolute atomic E-state index is 8.39. The molecule has 0 saturated carbocycles. The third kappa shape index (κ3) is 2.26. The lowest BCUT2D eigenvalue weighted by atomic mass is 10.2. The summed E-state index contributed by atoms with van der Waals surface area (Å²) in [5, 5.41) is 11.6. The van der Waals surface area contributed by atoms with Gasteiger partial charge >= 0.3 is 0 Å². The maximum atomic E-state index is 8.39. The van der Waals surface area contributed by atoms with Crippen LogP contribution in [0.5, 0.6) is 0 Å². The highest BCUT2D eigenvalue weighted by Gasteiger charge is 2.04. The van der Waals surface area contributed by atoms with Gasteiger partial charge in [-0.1, -0.05) is 5.16 Å². The molecule has 9 heavy (non-hydrogen) atoms. The molecule has 1 aliphatic rings. The standard InChI is InChI=1S/C6H11NOS/c8-7-6-2-1-4-9-5-3-6/h8H,1-5H2/b7-6-. The Bertz CT molecular complexity index is 104. The second-order valence-corrected chi connectivity index (χ2v) is 3.36. The van der Waals surface area contributed by atoms with E-state index in [0.29, 0.717) is 0 Å². The number of oxime groups is 1. The van der Waals surface area contributed by atoms with E-state index in [4.69, 9.17) is 5.21 Å². The lowest BCUT2D eigenvalue weighted by molar-refractivity contribution is 0.316. The third-order valence-electron chi connectivity index (χ3n) is 1.43. The fourth-order valence-corrected chi connectivity index (χ4v) is 1.83. The molecule has 1 aliphatic heterocycles. The van der Waals surface area contributed by atoms with Gasteiger partial charge < -0.3 is 5.21 Å². The average molecular weight is 145 g/mol. The number of hydrogen-bond acceptors (Lipinski definition) is 3. The quantitative estimate of drug-likeness (QED) is 0.416. The van der Waals surface area contributed by atoms with Gasteiger partial charge in [0.05, 0.1) is 5.71 Å². The second-order valence-electron chi connectivity index (χ2n) is 2.13. The van der Waals surface area contributed by atoms with Gasteiger partial charge in [-0.2, -0.15) is 11.8 Å². The zero-order chi connectivity index (χ0) is 6.53. The van der Waals surface area contributed by atoms with Gasteiger partial charge in [0.1, 0.15) is 0 Å². The van der Waals surface area contributed by atoms with Crippen LogP contribution in [0.2, 0.25) is 0 Å². The molecule has 0 aromatic heterocycles. The van der Waals surface area contributed by atoms with Crippen molar-refractivity contribution in [2.75, 3.05) is 11.5 Å². The van der Waals surface area contributed by atoms with E-state index in [2.05, 4.69) is 5.16 Å². The second kappa shape index (κ2) is 3.77. The SMILES string of the molecule is O/N=C1/CCCSCC1. The molecule has 52 valence electrons. The zero-order valence-electron chi connectivity index (χ0n) is 5.34. The Hall–Kier alpha value is -0.180. The van der Waals surface area contributed by atoms with Crippen LogP contribution in [0.25, 0.3) is 0 Å². The summed E-state index contributed by atoms with van der Waals surface area (Å²) in [5.41, 5.74) is 0.972. The molecule has 0 radical (unpaired) electrons. The normalized spacial score (nSPS) is 26.0. The van der Waals surface area contributed by atoms with Gasteiger partial charge in [-0.3, -0.25) is 0 Å². The first-order valence-corrected chi connectivity index (χ1v) is 4.36. The first-order valence-electron chi connectivity index (χ1n) is 3.21. The van der Waals surface area contributed by atoms with E-state index in [1.54, 1.807) is 0 Å². The molecular weight excluding hydrogens is 134 g/mol. The van der Waals surface area contributed by atoms with Crippen LogP contribution in [0.4, 0.5) is 0 Å². The molecule has 0 aromatic rings. The first-order chi connectivity index (χ1) is 4.43. The Morgan fingerprint density at radius 1 is 1.33 bits per heavy atom.